The second-order valence-corrected chi connectivity index (χ2v) is 13.2. The van der Waals surface area contributed by atoms with Crippen molar-refractivity contribution in [1.29, 1.82) is 0 Å². The van der Waals surface area contributed by atoms with Gasteiger partial charge < -0.3 is 4.74 Å². The van der Waals surface area contributed by atoms with E-state index in [9.17, 15) is 4.79 Å². The summed E-state index contributed by atoms with van der Waals surface area (Å²) in [6, 6.07) is 0. The molecule has 0 bridgehead atoms. The Morgan fingerprint density at radius 3 is 2.48 bits per heavy atom. The topological polar surface area (TPSA) is 26.3 Å². The van der Waals surface area contributed by atoms with E-state index < -0.39 is 0 Å². The molecule has 5 fully saturated rings. The third kappa shape index (κ3) is 2.88. The molecule has 0 saturated heterocycles. The Labute approximate surface area is 191 Å². The predicted molar refractivity (Wildman–Crippen MR) is 127 cm³/mol. The van der Waals surface area contributed by atoms with Gasteiger partial charge in [0.25, 0.3) is 0 Å². The van der Waals surface area contributed by atoms with Gasteiger partial charge >= 0.3 is 0 Å². The van der Waals surface area contributed by atoms with E-state index in [-0.39, 0.29) is 5.92 Å². The van der Waals surface area contributed by atoms with Crippen LogP contribution in [0.25, 0.3) is 0 Å². The lowest BCUT2D eigenvalue weighted by Gasteiger charge is -2.61. The largest absolute Gasteiger partial charge is 0.381 e. The number of Topliss-reactive ketones (excluding diaryl/α,β-unsaturated/α-hetero) is 1. The molecule has 0 aliphatic heterocycles. The molecule has 2 heteroatoms. The Kier molecular flexibility index (Phi) is 5.48. The first-order valence-corrected chi connectivity index (χ1v) is 13.8. The van der Waals surface area contributed by atoms with Crippen LogP contribution in [0.5, 0.6) is 0 Å². The summed E-state index contributed by atoms with van der Waals surface area (Å²) in [6.45, 7) is 11.8. The molecule has 31 heavy (non-hydrogen) atoms. The van der Waals surface area contributed by atoms with Crippen LogP contribution >= 0.6 is 0 Å². The fourth-order valence-corrected chi connectivity index (χ4v) is 10.8. The summed E-state index contributed by atoms with van der Waals surface area (Å²) in [5.41, 5.74) is 1.61. The first kappa shape index (κ1) is 22.4. The number of ether oxygens (including phenoxy) is 1. The number of rotatable bonds is 7. The van der Waals surface area contributed by atoms with E-state index in [4.69, 9.17) is 4.74 Å². The van der Waals surface area contributed by atoms with Crippen molar-refractivity contribution >= 4 is 5.78 Å². The fraction of sp³-hybridized carbons (Fsp3) is 0.966. The van der Waals surface area contributed by atoms with Gasteiger partial charge in [-0.25, -0.2) is 0 Å². The summed E-state index contributed by atoms with van der Waals surface area (Å²) in [6.07, 6.45) is 15.2. The fourth-order valence-electron chi connectivity index (χ4n) is 10.8. The van der Waals surface area contributed by atoms with Gasteiger partial charge in [-0.2, -0.15) is 0 Å². The molecule has 0 heterocycles. The Morgan fingerprint density at radius 1 is 1.06 bits per heavy atom. The standard InChI is InChI=1S/C29H48O2/c1-7-28-15-13-23-21(16-26(31-6)29-17-20(29)12-14-27(23,29)5)24(28)10-9-22(28)19(4)8-11-25(30)18(2)3/h18-24,26H,7-17H2,1-6H3/t19-,20-,21-,22-,23+,24+,26-,27-,28-,29?/m1/s1. The van der Waals surface area contributed by atoms with Crippen molar-refractivity contribution < 1.29 is 9.53 Å². The average molecular weight is 429 g/mol. The zero-order chi connectivity index (χ0) is 22.2. The third-order valence-electron chi connectivity index (χ3n) is 12.4. The molecule has 0 N–H and O–H groups in total. The van der Waals surface area contributed by atoms with Gasteiger partial charge in [0.15, 0.2) is 0 Å². The van der Waals surface area contributed by atoms with Crippen molar-refractivity contribution in [3.63, 3.8) is 0 Å². The Balaban J connectivity index is 1.38. The maximum atomic E-state index is 12.3. The lowest BCUT2D eigenvalue weighted by Crippen LogP contribution is -2.57. The van der Waals surface area contributed by atoms with Crippen LogP contribution in [-0.4, -0.2) is 19.0 Å². The molecule has 5 saturated carbocycles. The predicted octanol–water partition coefficient (Wildman–Crippen LogP) is 7.30. The molecule has 10 atom stereocenters. The molecule has 0 aromatic rings. The van der Waals surface area contributed by atoms with Crippen molar-refractivity contribution in [3.8, 4) is 0 Å². The van der Waals surface area contributed by atoms with Crippen LogP contribution in [-0.2, 0) is 9.53 Å². The number of hydrogen-bond acceptors (Lipinski definition) is 2. The van der Waals surface area contributed by atoms with Crippen molar-refractivity contribution in [2.45, 2.75) is 111 Å². The number of carbonyl (C=O) groups is 1. The van der Waals surface area contributed by atoms with E-state index in [1.165, 1.54) is 57.8 Å². The summed E-state index contributed by atoms with van der Waals surface area (Å²) in [4.78, 5) is 12.3. The van der Waals surface area contributed by atoms with Gasteiger partial charge in [0.1, 0.15) is 5.78 Å². The minimum atomic E-state index is 0.193. The highest BCUT2D eigenvalue weighted by molar-refractivity contribution is 5.80. The minimum absolute atomic E-state index is 0.193. The van der Waals surface area contributed by atoms with Crippen LogP contribution in [0, 0.1) is 57.7 Å². The number of carbonyl (C=O) groups excluding carboxylic acids is 1. The third-order valence-corrected chi connectivity index (χ3v) is 12.4. The molecule has 5 aliphatic carbocycles. The van der Waals surface area contributed by atoms with Gasteiger partial charge in [0.05, 0.1) is 6.10 Å². The second kappa shape index (κ2) is 7.57. The van der Waals surface area contributed by atoms with Gasteiger partial charge in [0.2, 0.25) is 0 Å². The zero-order valence-electron chi connectivity index (χ0n) is 21.2. The number of fused-ring (bicyclic) bond motifs is 4. The molecular weight excluding hydrogens is 380 g/mol. The van der Waals surface area contributed by atoms with Crippen LogP contribution in [0.2, 0.25) is 0 Å². The quantitative estimate of drug-likeness (QED) is 0.425. The van der Waals surface area contributed by atoms with Crippen LogP contribution in [0.4, 0.5) is 0 Å². The van der Waals surface area contributed by atoms with Gasteiger partial charge in [-0.05, 0) is 111 Å². The highest BCUT2D eigenvalue weighted by atomic mass is 16.5. The lowest BCUT2D eigenvalue weighted by atomic mass is 9.44. The summed E-state index contributed by atoms with van der Waals surface area (Å²) < 4.78 is 6.30. The van der Waals surface area contributed by atoms with Gasteiger partial charge in [-0.15, -0.1) is 0 Å². The van der Waals surface area contributed by atoms with Gasteiger partial charge in [-0.3, -0.25) is 4.79 Å². The SMILES string of the molecule is CC[C@]12CC[C@H]3[C@@H](C[C@@H](OC)C45C[C@H]4CC[C@]35C)[C@@H]1CC[C@@H]2[C@H](C)CCC(=O)C(C)C. The Morgan fingerprint density at radius 2 is 1.84 bits per heavy atom. The second-order valence-electron chi connectivity index (χ2n) is 13.2. The molecule has 5 aliphatic rings. The zero-order valence-corrected chi connectivity index (χ0v) is 21.2. The van der Waals surface area contributed by atoms with E-state index in [0.717, 1.165) is 42.4 Å². The van der Waals surface area contributed by atoms with Gasteiger partial charge in [-0.1, -0.05) is 34.6 Å². The maximum absolute atomic E-state index is 12.3. The number of methoxy groups -OCH3 is 1. The summed E-state index contributed by atoms with van der Waals surface area (Å²) >= 11 is 0. The number of ketones is 1. The summed E-state index contributed by atoms with van der Waals surface area (Å²) in [7, 11) is 2.01. The van der Waals surface area contributed by atoms with Crippen molar-refractivity contribution in [3.05, 3.63) is 0 Å². The first-order chi connectivity index (χ1) is 14.7. The molecule has 2 nitrogen and oxygen atoms in total. The highest BCUT2D eigenvalue weighted by Crippen LogP contribution is 2.82. The lowest BCUT2D eigenvalue weighted by molar-refractivity contribution is -0.164. The minimum Gasteiger partial charge on any atom is -0.381 e. The molecule has 0 radical (unpaired) electrons. The van der Waals surface area contributed by atoms with E-state index >= 15 is 0 Å². The van der Waals surface area contributed by atoms with Crippen LogP contribution in [0.1, 0.15) is 105 Å². The maximum Gasteiger partial charge on any atom is 0.135 e. The van der Waals surface area contributed by atoms with Crippen LogP contribution in [0.3, 0.4) is 0 Å². The number of hydrogen-bond donors (Lipinski definition) is 0. The Hall–Kier alpha value is -0.370. The summed E-state index contributed by atoms with van der Waals surface area (Å²) in [5, 5.41) is 0. The van der Waals surface area contributed by atoms with E-state index in [1.807, 2.05) is 7.11 Å². The highest BCUT2D eigenvalue weighted by Gasteiger charge is 2.77. The molecule has 0 amide bonds. The van der Waals surface area contributed by atoms with E-state index in [2.05, 4.69) is 34.6 Å². The molecule has 5 rings (SSSR count). The summed E-state index contributed by atoms with van der Waals surface area (Å²) in [5.74, 6) is 5.85. The molecule has 1 spiro atoms. The average Bonchev–Trinajstić information content (AvgIpc) is 3.23. The monoisotopic (exact) mass is 428 g/mol. The van der Waals surface area contributed by atoms with E-state index in [1.54, 1.807) is 0 Å². The smallest absolute Gasteiger partial charge is 0.135 e. The molecule has 0 aromatic heterocycles. The molecular formula is C29H48O2. The van der Waals surface area contributed by atoms with Crippen LogP contribution in [0.15, 0.2) is 0 Å². The Bertz CT molecular complexity index is 714. The molecule has 176 valence electrons. The first-order valence-electron chi connectivity index (χ1n) is 13.8. The normalized spacial score (nSPS) is 51.1. The van der Waals surface area contributed by atoms with Gasteiger partial charge in [0, 0.05) is 24.9 Å². The van der Waals surface area contributed by atoms with Crippen molar-refractivity contribution in [2.75, 3.05) is 7.11 Å². The van der Waals surface area contributed by atoms with Crippen molar-refractivity contribution in [2.24, 2.45) is 57.7 Å². The molecule has 0 aromatic carbocycles. The molecule has 1 unspecified atom stereocenters. The van der Waals surface area contributed by atoms with Crippen molar-refractivity contribution in [1.82, 2.24) is 0 Å². The van der Waals surface area contributed by atoms with E-state index in [0.29, 0.717) is 34.1 Å². The van der Waals surface area contributed by atoms with Crippen LogP contribution < -0.4 is 0 Å².